The normalized spacial score (nSPS) is 34.8. The lowest BCUT2D eigenvalue weighted by molar-refractivity contribution is 0.0676. The number of fused-ring (bicyclic) bond motifs is 4. The van der Waals surface area contributed by atoms with Crippen LogP contribution in [-0.4, -0.2) is 36.6 Å². The maximum atomic E-state index is 3.95. The second-order valence-corrected chi connectivity index (χ2v) is 6.29. The minimum absolute atomic E-state index is 0.688. The van der Waals surface area contributed by atoms with E-state index in [0.717, 1.165) is 12.0 Å². The van der Waals surface area contributed by atoms with Gasteiger partial charge in [-0.3, -0.25) is 0 Å². The Balaban J connectivity index is 1.42. The molecule has 96 valence electrons. The van der Waals surface area contributed by atoms with Gasteiger partial charge < -0.3 is 10.2 Å². The van der Waals surface area contributed by atoms with Crippen LogP contribution in [0.1, 0.15) is 24.0 Å². The third-order valence-electron chi connectivity index (χ3n) is 5.16. The van der Waals surface area contributed by atoms with Gasteiger partial charge in [-0.2, -0.15) is 0 Å². The van der Waals surface area contributed by atoms with Crippen LogP contribution in [0.3, 0.4) is 0 Å². The van der Waals surface area contributed by atoms with Crippen LogP contribution in [0.2, 0.25) is 0 Å². The van der Waals surface area contributed by atoms with Crippen molar-refractivity contribution in [3.8, 4) is 0 Å². The molecule has 1 aromatic carbocycles. The zero-order valence-electron chi connectivity index (χ0n) is 10.9. The van der Waals surface area contributed by atoms with Crippen LogP contribution in [0.5, 0.6) is 0 Å². The first-order valence-corrected chi connectivity index (χ1v) is 7.44. The molecule has 4 aliphatic rings. The van der Waals surface area contributed by atoms with E-state index in [1.54, 1.807) is 11.1 Å². The molecule has 0 radical (unpaired) electrons. The van der Waals surface area contributed by atoms with E-state index in [-0.39, 0.29) is 0 Å². The second kappa shape index (κ2) is 4.36. The third kappa shape index (κ3) is 1.88. The average Bonchev–Trinajstić information content (AvgIpc) is 2.82. The van der Waals surface area contributed by atoms with Crippen molar-refractivity contribution in [1.82, 2.24) is 10.2 Å². The van der Waals surface area contributed by atoms with Crippen LogP contribution in [0.25, 0.3) is 0 Å². The molecule has 3 saturated heterocycles. The molecule has 3 heterocycles. The highest BCUT2D eigenvalue weighted by Gasteiger charge is 2.35. The number of hydrogen-bond donors (Lipinski definition) is 1. The molecule has 3 aliphatic heterocycles. The molecular weight excluding hydrogens is 220 g/mol. The number of rotatable bonds is 2. The predicted octanol–water partition coefficient (Wildman–Crippen LogP) is 1.84. The summed E-state index contributed by atoms with van der Waals surface area (Å²) in [6.45, 7) is 3.97. The molecule has 1 N–H and O–H groups in total. The Bertz CT molecular complexity index is 409. The van der Waals surface area contributed by atoms with Crippen LogP contribution >= 0.6 is 0 Å². The Hall–Kier alpha value is -0.860. The lowest BCUT2D eigenvalue weighted by Gasteiger charge is -2.46. The van der Waals surface area contributed by atoms with Gasteiger partial charge in [-0.25, -0.2) is 0 Å². The molecular formula is C16H22N2. The molecule has 1 aliphatic carbocycles. The topological polar surface area (TPSA) is 15.3 Å². The molecule has 1 aromatic rings. The van der Waals surface area contributed by atoms with E-state index >= 15 is 0 Å². The first-order chi connectivity index (χ1) is 8.88. The van der Waals surface area contributed by atoms with E-state index in [1.807, 2.05) is 0 Å². The maximum Gasteiger partial charge on any atom is 0.0227 e. The molecule has 0 spiro atoms. The molecule has 3 fully saturated rings. The first-order valence-electron chi connectivity index (χ1n) is 7.44. The number of hydrogen-bond acceptors (Lipinski definition) is 2. The highest BCUT2D eigenvalue weighted by Crippen LogP contribution is 2.29. The zero-order valence-corrected chi connectivity index (χ0v) is 10.9. The number of benzene rings is 1. The van der Waals surface area contributed by atoms with E-state index in [4.69, 9.17) is 0 Å². The Morgan fingerprint density at radius 1 is 1.00 bits per heavy atom. The summed E-state index contributed by atoms with van der Waals surface area (Å²) in [5, 5.41) is 3.95. The second-order valence-electron chi connectivity index (χ2n) is 6.29. The largest absolute Gasteiger partial charge is 0.309 e. The van der Waals surface area contributed by atoms with Crippen molar-refractivity contribution in [2.45, 2.75) is 37.8 Å². The summed E-state index contributed by atoms with van der Waals surface area (Å²) in [6, 6.07) is 10.4. The van der Waals surface area contributed by atoms with Crippen LogP contribution in [-0.2, 0) is 12.8 Å². The quantitative estimate of drug-likeness (QED) is 0.851. The smallest absolute Gasteiger partial charge is 0.0227 e. The van der Waals surface area contributed by atoms with Gasteiger partial charge in [-0.05, 0) is 55.8 Å². The molecule has 0 saturated carbocycles. The van der Waals surface area contributed by atoms with Gasteiger partial charge >= 0.3 is 0 Å². The van der Waals surface area contributed by atoms with Gasteiger partial charge in [0.05, 0.1) is 0 Å². The highest BCUT2D eigenvalue weighted by atomic mass is 15.2. The minimum Gasteiger partial charge on any atom is -0.309 e. The summed E-state index contributed by atoms with van der Waals surface area (Å²) in [5.41, 5.74) is 3.13. The standard InChI is InChI=1S/C16H22N2/c1-2-4-14-10-15(9-13(14)3-1)17-16-11-18-7-5-12(16)6-8-18/h1-4,12,15-17H,5-11H2. The van der Waals surface area contributed by atoms with E-state index in [2.05, 4.69) is 34.5 Å². The molecule has 2 heteroatoms. The summed E-state index contributed by atoms with van der Waals surface area (Å²) >= 11 is 0. The highest BCUT2D eigenvalue weighted by molar-refractivity contribution is 5.33. The predicted molar refractivity (Wildman–Crippen MR) is 73.7 cm³/mol. The van der Waals surface area contributed by atoms with Crippen molar-refractivity contribution < 1.29 is 0 Å². The molecule has 18 heavy (non-hydrogen) atoms. The molecule has 5 rings (SSSR count). The number of nitrogens with one attached hydrogen (secondary N) is 1. The van der Waals surface area contributed by atoms with Crippen LogP contribution < -0.4 is 5.32 Å². The molecule has 2 nitrogen and oxygen atoms in total. The van der Waals surface area contributed by atoms with E-state index < -0.39 is 0 Å². The zero-order chi connectivity index (χ0) is 11.9. The SMILES string of the molecule is c1ccc2c(c1)CC(NC1CN3CCC1CC3)C2. The van der Waals surface area contributed by atoms with Gasteiger partial charge in [0, 0.05) is 18.6 Å². The van der Waals surface area contributed by atoms with Crippen molar-refractivity contribution in [2.75, 3.05) is 19.6 Å². The van der Waals surface area contributed by atoms with Crippen LogP contribution in [0.15, 0.2) is 24.3 Å². The maximum absolute atomic E-state index is 3.95. The number of piperidine rings is 3. The Morgan fingerprint density at radius 3 is 2.22 bits per heavy atom. The summed E-state index contributed by atoms with van der Waals surface area (Å²) in [5.74, 6) is 0.943. The lowest BCUT2D eigenvalue weighted by Crippen LogP contribution is -2.58. The average molecular weight is 242 g/mol. The van der Waals surface area contributed by atoms with E-state index in [9.17, 15) is 0 Å². The third-order valence-corrected chi connectivity index (χ3v) is 5.16. The first kappa shape index (κ1) is 11.0. The van der Waals surface area contributed by atoms with Gasteiger partial charge in [-0.15, -0.1) is 0 Å². The van der Waals surface area contributed by atoms with Crippen molar-refractivity contribution in [1.29, 1.82) is 0 Å². The van der Waals surface area contributed by atoms with Crippen molar-refractivity contribution >= 4 is 0 Å². The number of nitrogens with zero attached hydrogens (tertiary/aromatic N) is 1. The van der Waals surface area contributed by atoms with Crippen LogP contribution in [0, 0.1) is 5.92 Å². The van der Waals surface area contributed by atoms with Crippen molar-refractivity contribution in [3.05, 3.63) is 35.4 Å². The fraction of sp³-hybridized carbons (Fsp3) is 0.625. The van der Waals surface area contributed by atoms with Crippen molar-refractivity contribution in [3.63, 3.8) is 0 Å². The lowest BCUT2D eigenvalue weighted by atomic mass is 9.83. The Morgan fingerprint density at radius 2 is 1.67 bits per heavy atom. The van der Waals surface area contributed by atoms with Crippen LogP contribution in [0.4, 0.5) is 0 Å². The fourth-order valence-electron chi connectivity index (χ4n) is 4.13. The molecule has 0 aromatic heterocycles. The van der Waals surface area contributed by atoms with E-state index in [1.165, 1.54) is 45.3 Å². The van der Waals surface area contributed by atoms with Crippen molar-refractivity contribution in [2.24, 2.45) is 5.92 Å². The summed E-state index contributed by atoms with van der Waals surface area (Å²) in [6.07, 6.45) is 5.30. The minimum atomic E-state index is 0.688. The Labute approximate surface area is 109 Å². The monoisotopic (exact) mass is 242 g/mol. The summed E-state index contributed by atoms with van der Waals surface area (Å²) < 4.78 is 0. The molecule has 0 amide bonds. The van der Waals surface area contributed by atoms with Gasteiger partial charge in [0.2, 0.25) is 0 Å². The van der Waals surface area contributed by atoms with E-state index in [0.29, 0.717) is 6.04 Å². The fourth-order valence-corrected chi connectivity index (χ4v) is 4.13. The van der Waals surface area contributed by atoms with Gasteiger partial charge in [0.25, 0.3) is 0 Å². The molecule has 1 atom stereocenters. The Kier molecular flexibility index (Phi) is 2.66. The summed E-state index contributed by atoms with van der Waals surface area (Å²) in [4.78, 5) is 2.64. The molecule has 2 bridgehead atoms. The molecule has 1 unspecified atom stereocenters. The van der Waals surface area contributed by atoms with Gasteiger partial charge in [-0.1, -0.05) is 24.3 Å². The van der Waals surface area contributed by atoms with Gasteiger partial charge in [0.15, 0.2) is 0 Å². The summed E-state index contributed by atoms with van der Waals surface area (Å²) in [7, 11) is 0. The van der Waals surface area contributed by atoms with Gasteiger partial charge in [0.1, 0.15) is 0 Å².